The van der Waals surface area contributed by atoms with Gasteiger partial charge in [0.05, 0.1) is 49.8 Å². The molecule has 0 saturated heterocycles. The van der Waals surface area contributed by atoms with E-state index in [0.29, 0.717) is 0 Å². The van der Waals surface area contributed by atoms with Gasteiger partial charge in [-0.15, -0.1) is 0 Å². The van der Waals surface area contributed by atoms with Crippen molar-refractivity contribution in [3.63, 3.8) is 0 Å². The van der Waals surface area contributed by atoms with E-state index in [2.05, 4.69) is 382 Å². The van der Waals surface area contributed by atoms with Crippen molar-refractivity contribution in [1.82, 2.24) is 18.3 Å². The summed E-state index contributed by atoms with van der Waals surface area (Å²) < 4.78 is 9.55. The SMILES string of the molecule is c1ccc(-n2c3ccccc3c3cc(-c4ccc(-c5ccc6c(c5)c5ccccc5n6-c5ccc6ccccc6c5)cc4)ccc32)cc1.c1ccc(-n2c3ccccc3c3cc(-c4ccc(-c5ccc6c(c5)c5ccccc5n6-c5cccc6ccccc56)cc4)ccc32)cc1. The maximum absolute atomic E-state index is 2.42. The summed E-state index contributed by atoms with van der Waals surface area (Å²) in [4.78, 5) is 0. The lowest BCUT2D eigenvalue weighted by Gasteiger charge is -2.12. The number of fused-ring (bicyclic) bond motifs is 14. The summed E-state index contributed by atoms with van der Waals surface area (Å²) >= 11 is 0. The number of para-hydroxylation sites is 6. The molecule has 20 rings (SSSR count). The van der Waals surface area contributed by atoms with Crippen LogP contribution in [0.4, 0.5) is 0 Å². The molecule has 0 bridgehead atoms. The van der Waals surface area contributed by atoms with Crippen LogP contribution in [0.3, 0.4) is 0 Å². The summed E-state index contributed by atoms with van der Waals surface area (Å²) in [5, 5.41) is 15.1. The van der Waals surface area contributed by atoms with Gasteiger partial charge in [0, 0.05) is 65.5 Å². The number of hydrogen-bond acceptors (Lipinski definition) is 0. The van der Waals surface area contributed by atoms with Crippen molar-refractivity contribution < 1.29 is 0 Å². The third-order valence-corrected chi connectivity index (χ3v) is 19.8. The van der Waals surface area contributed by atoms with Crippen LogP contribution in [0.15, 0.2) is 364 Å². The Kier molecular flexibility index (Phi) is 12.9. The van der Waals surface area contributed by atoms with E-state index in [-0.39, 0.29) is 0 Å². The molecule has 0 unspecified atom stereocenters. The van der Waals surface area contributed by atoms with E-state index in [9.17, 15) is 0 Å². The molecule has 0 spiro atoms. The monoisotopic (exact) mass is 1220 g/mol. The molecular formula is C92H60N4. The van der Waals surface area contributed by atoms with Crippen LogP contribution in [-0.4, -0.2) is 18.3 Å². The molecular weight excluding hydrogens is 1160 g/mol. The van der Waals surface area contributed by atoms with Crippen LogP contribution in [0.25, 0.3) is 176 Å². The lowest BCUT2D eigenvalue weighted by Crippen LogP contribution is -1.95. The van der Waals surface area contributed by atoms with Gasteiger partial charge < -0.3 is 18.3 Å². The molecule has 20 aromatic rings. The molecule has 4 heteroatoms. The van der Waals surface area contributed by atoms with Gasteiger partial charge in [-0.2, -0.15) is 0 Å². The van der Waals surface area contributed by atoms with Crippen molar-refractivity contribution >= 4 is 109 Å². The predicted molar refractivity (Wildman–Crippen MR) is 407 cm³/mol. The molecule has 4 aromatic heterocycles. The van der Waals surface area contributed by atoms with Crippen molar-refractivity contribution in [2.24, 2.45) is 0 Å². The first-order valence-corrected chi connectivity index (χ1v) is 33.0. The first-order chi connectivity index (χ1) is 47.6. The Hall–Kier alpha value is -12.8. The minimum atomic E-state index is 1.18. The Morgan fingerprint density at radius 3 is 0.844 bits per heavy atom. The molecule has 0 N–H and O–H groups in total. The molecule has 0 aliphatic heterocycles. The van der Waals surface area contributed by atoms with E-state index in [1.807, 2.05) is 0 Å². The molecule has 0 aliphatic carbocycles. The largest absolute Gasteiger partial charge is 0.309 e. The first kappa shape index (κ1) is 54.9. The van der Waals surface area contributed by atoms with Gasteiger partial charge >= 0.3 is 0 Å². The molecule has 4 nitrogen and oxygen atoms in total. The Morgan fingerprint density at radius 1 is 0.135 bits per heavy atom. The highest BCUT2D eigenvalue weighted by molar-refractivity contribution is 6.15. The van der Waals surface area contributed by atoms with Gasteiger partial charge in [0.2, 0.25) is 0 Å². The quantitative estimate of drug-likeness (QED) is 0.144. The van der Waals surface area contributed by atoms with Crippen LogP contribution in [-0.2, 0) is 0 Å². The summed E-state index contributed by atoms with van der Waals surface area (Å²) in [6.45, 7) is 0. The molecule has 0 aliphatic rings. The Morgan fingerprint density at radius 2 is 0.427 bits per heavy atom. The Labute approximate surface area is 554 Å². The van der Waals surface area contributed by atoms with Gasteiger partial charge in [-0.05, 0) is 176 Å². The van der Waals surface area contributed by atoms with Gasteiger partial charge in [-0.1, -0.05) is 249 Å². The van der Waals surface area contributed by atoms with Crippen molar-refractivity contribution in [2.75, 3.05) is 0 Å². The van der Waals surface area contributed by atoms with Gasteiger partial charge in [-0.25, -0.2) is 0 Å². The highest BCUT2D eigenvalue weighted by Crippen LogP contribution is 2.42. The first-order valence-electron chi connectivity index (χ1n) is 33.0. The molecule has 0 fully saturated rings. The highest BCUT2D eigenvalue weighted by atomic mass is 15.0. The lowest BCUT2D eigenvalue weighted by atomic mass is 9.98. The average molecular weight is 1220 g/mol. The van der Waals surface area contributed by atoms with Gasteiger partial charge in [0.15, 0.2) is 0 Å². The topological polar surface area (TPSA) is 19.7 Å². The third-order valence-electron chi connectivity index (χ3n) is 19.8. The zero-order chi connectivity index (χ0) is 63.2. The fourth-order valence-electron chi connectivity index (χ4n) is 15.3. The summed E-state index contributed by atoms with van der Waals surface area (Å²) in [5.74, 6) is 0. The van der Waals surface area contributed by atoms with Crippen molar-refractivity contribution in [1.29, 1.82) is 0 Å². The zero-order valence-corrected chi connectivity index (χ0v) is 52.4. The fraction of sp³-hybridized carbons (Fsp3) is 0. The molecule has 0 atom stereocenters. The van der Waals surface area contributed by atoms with Crippen LogP contribution in [0, 0.1) is 0 Å². The van der Waals surface area contributed by atoms with Crippen LogP contribution < -0.4 is 0 Å². The van der Waals surface area contributed by atoms with Crippen LogP contribution >= 0.6 is 0 Å². The lowest BCUT2D eigenvalue weighted by molar-refractivity contribution is 1.18. The van der Waals surface area contributed by atoms with Crippen LogP contribution in [0.5, 0.6) is 0 Å². The van der Waals surface area contributed by atoms with E-state index >= 15 is 0 Å². The standard InChI is InChI=1S/2C46H30N2/c1-2-13-36(14-3-1)47-43-18-8-6-16-38(43)40-29-34(25-27-45(40)47)31-21-23-32(24-22-31)35-26-28-46-41(30-35)39-17-7-9-19-44(39)48(46)42-20-10-12-33-11-4-5-15-37(33)42;1-2-12-37(13-3-1)47-43-16-8-6-14-39(43)41-29-35(23-26-45(41)47)32-18-20-33(21-19-32)36-24-27-46-42(30-36)40-15-7-9-17-44(40)48(46)38-25-22-31-10-4-5-11-34(31)28-38/h2*1-30H. The van der Waals surface area contributed by atoms with Crippen LogP contribution in [0.1, 0.15) is 0 Å². The second-order valence-corrected chi connectivity index (χ2v) is 25.2. The molecule has 0 amide bonds. The minimum Gasteiger partial charge on any atom is -0.309 e. The molecule has 0 saturated carbocycles. The molecule has 4 heterocycles. The molecule has 96 heavy (non-hydrogen) atoms. The van der Waals surface area contributed by atoms with E-state index in [1.54, 1.807) is 0 Å². The number of nitrogens with zero attached hydrogens (tertiary/aromatic N) is 4. The van der Waals surface area contributed by atoms with Crippen molar-refractivity contribution in [3.05, 3.63) is 364 Å². The third kappa shape index (κ3) is 9.06. The Bertz CT molecular complexity index is 6410. The van der Waals surface area contributed by atoms with Crippen molar-refractivity contribution in [3.8, 4) is 67.3 Å². The van der Waals surface area contributed by atoms with E-state index in [4.69, 9.17) is 0 Å². The van der Waals surface area contributed by atoms with E-state index in [0.717, 1.165) is 0 Å². The summed E-state index contributed by atoms with van der Waals surface area (Å²) in [6.07, 6.45) is 0. The normalized spacial score (nSPS) is 11.8. The summed E-state index contributed by atoms with van der Waals surface area (Å²) in [5.41, 5.74) is 24.3. The Balaban J connectivity index is 0.000000135. The highest BCUT2D eigenvalue weighted by Gasteiger charge is 2.19. The molecule has 448 valence electrons. The second kappa shape index (κ2) is 22.5. The zero-order valence-electron chi connectivity index (χ0n) is 52.4. The number of benzene rings is 16. The van der Waals surface area contributed by atoms with E-state index < -0.39 is 0 Å². The summed E-state index contributed by atoms with van der Waals surface area (Å²) in [6, 6.07) is 132. The number of rotatable bonds is 8. The summed E-state index contributed by atoms with van der Waals surface area (Å²) in [7, 11) is 0. The molecule has 0 radical (unpaired) electrons. The fourth-order valence-corrected chi connectivity index (χ4v) is 15.3. The number of aromatic nitrogens is 4. The predicted octanol–water partition coefficient (Wildman–Crippen LogP) is 24.7. The van der Waals surface area contributed by atoms with E-state index in [1.165, 1.54) is 176 Å². The van der Waals surface area contributed by atoms with Gasteiger partial charge in [0.25, 0.3) is 0 Å². The number of hydrogen-bond donors (Lipinski definition) is 0. The second-order valence-electron chi connectivity index (χ2n) is 25.2. The smallest absolute Gasteiger partial charge is 0.0541 e. The minimum absolute atomic E-state index is 1.18. The van der Waals surface area contributed by atoms with Gasteiger partial charge in [-0.3, -0.25) is 0 Å². The van der Waals surface area contributed by atoms with Crippen molar-refractivity contribution in [2.45, 2.75) is 0 Å². The average Bonchev–Trinajstić information content (AvgIpc) is 1.63. The maximum Gasteiger partial charge on any atom is 0.0541 e. The van der Waals surface area contributed by atoms with Crippen LogP contribution in [0.2, 0.25) is 0 Å². The maximum atomic E-state index is 2.42. The molecule has 16 aromatic carbocycles. The van der Waals surface area contributed by atoms with Gasteiger partial charge in [0.1, 0.15) is 0 Å².